The largest absolute Gasteiger partial charge is 0.311 e. The van der Waals surface area contributed by atoms with Gasteiger partial charge in [-0.1, -0.05) is 44.5 Å². The van der Waals surface area contributed by atoms with E-state index in [2.05, 4.69) is 39.1 Å². The van der Waals surface area contributed by atoms with Gasteiger partial charge in [0.2, 0.25) is 0 Å². The van der Waals surface area contributed by atoms with E-state index in [1.807, 2.05) is 18.2 Å². The Hall–Kier alpha value is -0.530. The Morgan fingerprint density at radius 3 is 2.33 bits per heavy atom. The maximum atomic E-state index is 5.98. The van der Waals surface area contributed by atoms with Gasteiger partial charge in [-0.25, -0.2) is 0 Å². The van der Waals surface area contributed by atoms with Crippen molar-refractivity contribution in [2.24, 2.45) is 0 Å². The molecule has 0 saturated heterocycles. The van der Waals surface area contributed by atoms with Crippen molar-refractivity contribution in [3.05, 3.63) is 34.9 Å². The van der Waals surface area contributed by atoms with E-state index in [0.29, 0.717) is 18.0 Å². The molecule has 0 amide bonds. The summed E-state index contributed by atoms with van der Waals surface area (Å²) in [6.45, 7) is 8.78. The zero-order valence-corrected chi connectivity index (χ0v) is 10.7. The second kappa shape index (κ2) is 5.53. The standard InChI is InChI=1S/C13H20ClN/c1-9(2)15-11(4)10(3)12-6-5-7-13(14)8-12/h5-11,15H,1-4H3. The van der Waals surface area contributed by atoms with Crippen LogP contribution in [0.2, 0.25) is 5.02 Å². The molecule has 0 saturated carbocycles. The predicted molar refractivity (Wildman–Crippen MR) is 67.6 cm³/mol. The molecule has 0 aliphatic heterocycles. The first-order valence-electron chi connectivity index (χ1n) is 5.52. The molecule has 1 aromatic carbocycles. The smallest absolute Gasteiger partial charge is 0.0408 e. The number of hydrogen-bond acceptors (Lipinski definition) is 1. The van der Waals surface area contributed by atoms with Crippen molar-refractivity contribution in [2.75, 3.05) is 0 Å². The van der Waals surface area contributed by atoms with E-state index < -0.39 is 0 Å². The van der Waals surface area contributed by atoms with E-state index in [-0.39, 0.29) is 0 Å². The Balaban J connectivity index is 2.71. The molecule has 0 heterocycles. The fourth-order valence-electron chi connectivity index (χ4n) is 1.75. The van der Waals surface area contributed by atoms with E-state index in [1.54, 1.807) is 0 Å². The lowest BCUT2D eigenvalue weighted by Crippen LogP contribution is -2.36. The van der Waals surface area contributed by atoms with E-state index in [1.165, 1.54) is 5.56 Å². The van der Waals surface area contributed by atoms with Crippen molar-refractivity contribution in [1.82, 2.24) is 5.32 Å². The highest BCUT2D eigenvalue weighted by molar-refractivity contribution is 6.30. The van der Waals surface area contributed by atoms with E-state index in [0.717, 1.165) is 5.02 Å². The van der Waals surface area contributed by atoms with Gasteiger partial charge in [0, 0.05) is 17.1 Å². The Bertz CT molecular complexity index is 309. The molecular weight excluding hydrogens is 206 g/mol. The molecule has 0 bridgehead atoms. The van der Waals surface area contributed by atoms with Gasteiger partial charge in [0.05, 0.1) is 0 Å². The van der Waals surface area contributed by atoms with Crippen molar-refractivity contribution in [2.45, 2.75) is 45.7 Å². The fourth-order valence-corrected chi connectivity index (χ4v) is 1.95. The molecule has 2 atom stereocenters. The van der Waals surface area contributed by atoms with E-state index >= 15 is 0 Å². The van der Waals surface area contributed by atoms with Crippen LogP contribution in [0.4, 0.5) is 0 Å². The van der Waals surface area contributed by atoms with Crippen LogP contribution < -0.4 is 5.32 Å². The highest BCUT2D eigenvalue weighted by Gasteiger charge is 2.14. The van der Waals surface area contributed by atoms with Crippen molar-refractivity contribution in [3.63, 3.8) is 0 Å². The average molecular weight is 226 g/mol. The van der Waals surface area contributed by atoms with Gasteiger partial charge >= 0.3 is 0 Å². The Kier molecular flexibility index (Phi) is 4.62. The van der Waals surface area contributed by atoms with Crippen LogP contribution in [0.3, 0.4) is 0 Å². The second-order valence-electron chi connectivity index (χ2n) is 4.45. The molecule has 0 aliphatic rings. The summed E-state index contributed by atoms with van der Waals surface area (Å²) >= 11 is 5.98. The van der Waals surface area contributed by atoms with Crippen LogP contribution in [0.25, 0.3) is 0 Å². The molecule has 15 heavy (non-hydrogen) atoms. The average Bonchev–Trinajstić information content (AvgIpc) is 2.15. The lowest BCUT2D eigenvalue weighted by Gasteiger charge is -2.24. The lowest BCUT2D eigenvalue weighted by atomic mass is 9.94. The first-order valence-corrected chi connectivity index (χ1v) is 5.90. The molecule has 1 N–H and O–H groups in total. The zero-order valence-electron chi connectivity index (χ0n) is 9.92. The van der Waals surface area contributed by atoms with Crippen LogP contribution in [0.5, 0.6) is 0 Å². The Morgan fingerprint density at radius 1 is 1.13 bits per heavy atom. The number of benzene rings is 1. The van der Waals surface area contributed by atoms with Gasteiger partial charge in [-0.15, -0.1) is 0 Å². The van der Waals surface area contributed by atoms with Crippen molar-refractivity contribution < 1.29 is 0 Å². The molecular formula is C13H20ClN. The fraction of sp³-hybridized carbons (Fsp3) is 0.538. The van der Waals surface area contributed by atoms with Crippen LogP contribution >= 0.6 is 11.6 Å². The first-order chi connectivity index (χ1) is 7.00. The quantitative estimate of drug-likeness (QED) is 0.822. The second-order valence-corrected chi connectivity index (χ2v) is 4.89. The molecule has 0 aromatic heterocycles. The van der Waals surface area contributed by atoms with Crippen molar-refractivity contribution in [1.29, 1.82) is 0 Å². The van der Waals surface area contributed by atoms with Crippen LogP contribution in [0.1, 0.15) is 39.2 Å². The van der Waals surface area contributed by atoms with Gasteiger partial charge in [0.25, 0.3) is 0 Å². The van der Waals surface area contributed by atoms with Gasteiger partial charge in [0.1, 0.15) is 0 Å². The number of nitrogens with one attached hydrogen (secondary N) is 1. The molecule has 2 heteroatoms. The minimum Gasteiger partial charge on any atom is -0.311 e. The maximum absolute atomic E-state index is 5.98. The van der Waals surface area contributed by atoms with Crippen molar-refractivity contribution in [3.8, 4) is 0 Å². The highest BCUT2D eigenvalue weighted by atomic mass is 35.5. The normalized spacial score (nSPS) is 15.3. The SMILES string of the molecule is CC(C)NC(C)C(C)c1cccc(Cl)c1. The summed E-state index contributed by atoms with van der Waals surface area (Å²) in [5.74, 6) is 0.478. The van der Waals surface area contributed by atoms with Gasteiger partial charge in [-0.3, -0.25) is 0 Å². The van der Waals surface area contributed by atoms with E-state index in [4.69, 9.17) is 11.6 Å². The molecule has 0 radical (unpaired) electrons. The maximum Gasteiger partial charge on any atom is 0.0408 e. The topological polar surface area (TPSA) is 12.0 Å². The Labute approximate surface area is 97.8 Å². The number of rotatable bonds is 4. The summed E-state index contributed by atoms with van der Waals surface area (Å²) in [6, 6.07) is 9.08. The third kappa shape index (κ3) is 3.84. The predicted octanol–water partition coefficient (Wildman–Crippen LogP) is 3.83. The molecule has 1 aromatic rings. The summed E-state index contributed by atoms with van der Waals surface area (Å²) in [5, 5.41) is 4.33. The van der Waals surface area contributed by atoms with Crippen LogP contribution in [0.15, 0.2) is 24.3 Å². The summed E-state index contributed by atoms with van der Waals surface area (Å²) < 4.78 is 0. The van der Waals surface area contributed by atoms with Crippen molar-refractivity contribution >= 4 is 11.6 Å². The molecule has 0 aliphatic carbocycles. The van der Waals surface area contributed by atoms with Crippen LogP contribution in [0, 0.1) is 0 Å². The van der Waals surface area contributed by atoms with E-state index in [9.17, 15) is 0 Å². The van der Waals surface area contributed by atoms with Gasteiger partial charge in [0.15, 0.2) is 0 Å². The lowest BCUT2D eigenvalue weighted by molar-refractivity contribution is 0.439. The van der Waals surface area contributed by atoms with Gasteiger partial charge < -0.3 is 5.32 Å². The summed E-state index contributed by atoms with van der Waals surface area (Å²) in [7, 11) is 0. The Morgan fingerprint density at radius 2 is 1.80 bits per heavy atom. The number of hydrogen-bond donors (Lipinski definition) is 1. The third-order valence-corrected chi connectivity index (χ3v) is 2.96. The first kappa shape index (κ1) is 12.5. The monoisotopic (exact) mass is 225 g/mol. The summed E-state index contributed by atoms with van der Waals surface area (Å²) in [5.41, 5.74) is 1.29. The molecule has 1 nitrogen and oxygen atoms in total. The zero-order chi connectivity index (χ0) is 11.4. The van der Waals surface area contributed by atoms with Crippen LogP contribution in [-0.2, 0) is 0 Å². The highest BCUT2D eigenvalue weighted by Crippen LogP contribution is 2.22. The molecule has 1 rings (SSSR count). The minimum absolute atomic E-state index is 0.462. The van der Waals surface area contributed by atoms with Gasteiger partial charge in [-0.2, -0.15) is 0 Å². The molecule has 2 unspecified atom stereocenters. The van der Waals surface area contributed by atoms with Gasteiger partial charge in [-0.05, 0) is 30.5 Å². The molecule has 84 valence electrons. The molecule has 0 fully saturated rings. The molecule has 0 spiro atoms. The third-order valence-electron chi connectivity index (χ3n) is 2.72. The summed E-state index contributed by atoms with van der Waals surface area (Å²) in [4.78, 5) is 0. The summed E-state index contributed by atoms with van der Waals surface area (Å²) in [6.07, 6.45) is 0. The van der Waals surface area contributed by atoms with Crippen LogP contribution in [-0.4, -0.2) is 12.1 Å². The minimum atomic E-state index is 0.462. The number of halogens is 1.